The fourth-order valence-electron chi connectivity index (χ4n) is 11.3. The van der Waals surface area contributed by atoms with Crippen molar-refractivity contribution >= 4 is 6.71 Å². The fourth-order valence-corrected chi connectivity index (χ4v) is 11.3. The lowest BCUT2D eigenvalue weighted by Crippen LogP contribution is -2.55. The highest BCUT2D eigenvalue weighted by Crippen LogP contribution is 2.66. The predicted molar refractivity (Wildman–Crippen MR) is 134 cm³/mol. The van der Waals surface area contributed by atoms with Crippen molar-refractivity contribution < 1.29 is 0 Å². The van der Waals surface area contributed by atoms with Crippen LogP contribution in [0.25, 0.3) is 0 Å². The van der Waals surface area contributed by atoms with E-state index < -0.39 is 0 Å². The van der Waals surface area contributed by atoms with Crippen molar-refractivity contribution in [3.05, 3.63) is 0 Å². The van der Waals surface area contributed by atoms with Gasteiger partial charge in [-0.25, -0.2) is 0 Å². The molecule has 9 saturated carbocycles. The second kappa shape index (κ2) is 7.04. The number of hydrogen-bond acceptors (Lipinski definition) is 0. The zero-order chi connectivity index (χ0) is 21.8. The van der Waals surface area contributed by atoms with Gasteiger partial charge in [-0.1, -0.05) is 79.8 Å². The Morgan fingerprint density at radius 2 is 0.774 bits per heavy atom. The lowest BCUT2D eigenvalue weighted by Gasteiger charge is -2.62. The van der Waals surface area contributed by atoms with Crippen LogP contribution in [0.1, 0.15) is 99.3 Å². The van der Waals surface area contributed by atoms with Crippen LogP contribution in [0.5, 0.6) is 0 Å². The summed E-state index contributed by atoms with van der Waals surface area (Å²) in [5, 5.41) is 0. The molecule has 0 saturated heterocycles. The Morgan fingerprint density at radius 1 is 0.484 bits per heavy atom. The molecule has 0 nitrogen and oxygen atoms in total. The van der Waals surface area contributed by atoms with Crippen molar-refractivity contribution in [1.82, 2.24) is 0 Å². The van der Waals surface area contributed by atoms with Gasteiger partial charge in [0.15, 0.2) is 0 Å². The molecule has 0 N–H and O–H groups in total. The maximum absolute atomic E-state index is 2.61. The van der Waals surface area contributed by atoms with E-state index in [1.165, 1.54) is 0 Å². The van der Waals surface area contributed by atoms with E-state index in [9.17, 15) is 0 Å². The minimum Gasteiger partial charge on any atom is -0.0710 e. The molecule has 9 fully saturated rings. The summed E-state index contributed by atoms with van der Waals surface area (Å²) in [4.78, 5) is 0. The molecule has 0 aromatic rings. The molecule has 1 heteroatoms. The highest BCUT2D eigenvalue weighted by atomic mass is 14.6. The van der Waals surface area contributed by atoms with Gasteiger partial charge in [0, 0.05) is 0 Å². The van der Waals surface area contributed by atoms with Crippen LogP contribution >= 0.6 is 0 Å². The molecule has 6 bridgehead atoms. The summed E-state index contributed by atoms with van der Waals surface area (Å²) < 4.78 is 0. The monoisotopic (exact) mass is 422 g/mol. The molecule has 174 valence electrons. The molecular formula is C30H51B. The van der Waals surface area contributed by atoms with E-state index in [0.29, 0.717) is 16.2 Å². The summed E-state index contributed by atoms with van der Waals surface area (Å²) in [6, 6.07) is 0. The van der Waals surface area contributed by atoms with Gasteiger partial charge in [-0.3, -0.25) is 0 Å². The van der Waals surface area contributed by atoms with Gasteiger partial charge in [-0.05, 0) is 108 Å². The molecule has 9 rings (SSSR count). The zero-order valence-corrected chi connectivity index (χ0v) is 21.8. The molecule has 0 spiro atoms. The average molecular weight is 423 g/mol. The molecule has 0 heterocycles. The second-order valence-electron chi connectivity index (χ2n) is 15.7. The molecule has 9 aliphatic rings. The molecule has 0 radical (unpaired) electrons. The fraction of sp³-hybridized carbons (Fsp3) is 1.00. The van der Waals surface area contributed by atoms with Gasteiger partial charge in [0.2, 0.25) is 0 Å². The van der Waals surface area contributed by atoms with Crippen LogP contribution in [0.2, 0.25) is 19.0 Å². The predicted octanol–water partition coefficient (Wildman–Crippen LogP) is 8.70. The Bertz CT molecular complexity index is 602. The molecule has 0 aromatic carbocycles. The maximum Gasteiger partial charge on any atom is 0.140 e. The summed E-state index contributed by atoms with van der Waals surface area (Å²) in [6.45, 7) is 16.7. The van der Waals surface area contributed by atoms with E-state index in [1.54, 1.807) is 76.7 Å². The minimum atomic E-state index is 0.662. The van der Waals surface area contributed by atoms with Crippen molar-refractivity contribution in [3.8, 4) is 0 Å². The highest BCUT2D eigenvalue weighted by molar-refractivity contribution is 6.59. The van der Waals surface area contributed by atoms with Crippen LogP contribution in [-0.2, 0) is 0 Å². The molecule has 9 atom stereocenters. The van der Waals surface area contributed by atoms with E-state index in [-0.39, 0.29) is 0 Å². The molecule has 3 unspecified atom stereocenters. The number of rotatable bonds is 6. The molecule has 0 aromatic heterocycles. The van der Waals surface area contributed by atoms with Gasteiger partial charge in [0.1, 0.15) is 6.71 Å². The first-order chi connectivity index (χ1) is 14.6. The van der Waals surface area contributed by atoms with Gasteiger partial charge in [0.05, 0.1) is 0 Å². The first-order valence-electron chi connectivity index (χ1n) is 14.6. The third-order valence-corrected chi connectivity index (χ3v) is 13.9. The Hall–Kier alpha value is 0.0649. The minimum absolute atomic E-state index is 0.662. The van der Waals surface area contributed by atoms with Crippen molar-refractivity contribution in [2.45, 2.75) is 118 Å². The smallest absolute Gasteiger partial charge is 0.0710 e. The Labute approximate surface area is 194 Å². The normalized spacial score (nSPS) is 49.9. The number of fused-ring (bicyclic) bond motifs is 6. The SMILES string of the molecule is CC1(C)[C@H]2CCC(CB(CC3CC[C@H]4C[C@@H]3C4(C)C)CC3CC[C@H]4C[C@@H]3C4(C)C)[C@@H]1C2. The third-order valence-electron chi connectivity index (χ3n) is 13.9. The first-order valence-corrected chi connectivity index (χ1v) is 14.6. The molecular weight excluding hydrogens is 371 g/mol. The largest absolute Gasteiger partial charge is 0.140 e. The van der Waals surface area contributed by atoms with Crippen LogP contribution in [-0.4, -0.2) is 6.71 Å². The summed E-state index contributed by atoms with van der Waals surface area (Å²) >= 11 is 0. The first kappa shape index (κ1) is 21.6. The molecule has 9 aliphatic carbocycles. The Kier molecular flexibility index (Phi) is 4.90. The van der Waals surface area contributed by atoms with E-state index in [2.05, 4.69) is 41.5 Å². The van der Waals surface area contributed by atoms with E-state index in [0.717, 1.165) is 60.0 Å². The van der Waals surface area contributed by atoms with E-state index >= 15 is 0 Å². The average Bonchev–Trinajstić information content (AvgIpc) is 2.73. The second-order valence-corrected chi connectivity index (χ2v) is 15.7. The lowest BCUT2D eigenvalue weighted by atomic mass is 9.30. The van der Waals surface area contributed by atoms with Crippen molar-refractivity contribution in [1.29, 1.82) is 0 Å². The molecule has 0 amide bonds. The van der Waals surface area contributed by atoms with Gasteiger partial charge in [0.25, 0.3) is 0 Å². The topological polar surface area (TPSA) is 0 Å². The van der Waals surface area contributed by atoms with Crippen LogP contribution in [0, 0.1) is 69.5 Å². The van der Waals surface area contributed by atoms with E-state index in [4.69, 9.17) is 0 Å². The van der Waals surface area contributed by atoms with Crippen molar-refractivity contribution in [2.75, 3.05) is 0 Å². The van der Waals surface area contributed by atoms with Gasteiger partial charge >= 0.3 is 0 Å². The Balaban J connectivity index is 1.18. The highest BCUT2D eigenvalue weighted by Gasteiger charge is 2.58. The van der Waals surface area contributed by atoms with Crippen LogP contribution < -0.4 is 0 Å². The van der Waals surface area contributed by atoms with Gasteiger partial charge < -0.3 is 0 Å². The summed E-state index contributed by atoms with van der Waals surface area (Å²) in [5.74, 6) is 9.52. The molecule has 31 heavy (non-hydrogen) atoms. The quantitative estimate of drug-likeness (QED) is 0.376. The van der Waals surface area contributed by atoms with Crippen molar-refractivity contribution in [2.24, 2.45) is 69.5 Å². The van der Waals surface area contributed by atoms with Crippen molar-refractivity contribution in [3.63, 3.8) is 0 Å². The Morgan fingerprint density at radius 3 is 1.00 bits per heavy atom. The van der Waals surface area contributed by atoms with E-state index in [1.807, 2.05) is 0 Å². The zero-order valence-electron chi connectivity index (χ0n) is 21.8. The third kappa shape index (κ3) is 3.12. The number of hydrogen-bond donors (Lipinski definition) is 0. The van der Waals surface area contributed by atoms with Crippen LogP contribution in [0.3, 0.4) is 0 Å². The van der Waals surface area contributed by atoms with Crippen LogP contribution in [0.15, 0.2) is 0 Å². The molecule has 0 aliphatic heterocycles. The summed E-state index contributed by atoms with van der Waals surface area (Å²) in [6.07, 6.45) is 18.9. The maximum atomic E-state index is 2.61. The van der Waals surface area contributed by atoms with Crippen LogP contribution in [0.4, 0.5) is 0 Å². The van der Waals surface area contributed by atoms with Gasteiger partial charge in [-0.2, -0.15) is 0 Å². The summed E-state index contributed by atoms with van der Waals surface area (Å²) in [7, 11) is 0. The van der Waals surface area contributed by atoms with Gasteiger partial charge in [-0.15, -0.1) is 0 Å². The summed E-state index contributed by atoms with van der Waals surface area (Å²) in [5.41, 5.74) is 1.99. The standard InChI is InChI=1S/C30H51B/c1-28(2)22-10-7-19(25(28)13-22)16-31(17-20-8-11-23-14-26(20)29(23,3)4)18-21-9-12-24-15-27(21)30(24,5)6/h19-27H,7-18H2,1-6H3/t19?,20?,21?,22-,23-,24-,25-,26-,27-/m0/s1. The lowest BCUT2D eigenvalue weighted by molar-refractivity contribution is -0.104.